The maximum absolute atomic E-state index is 12.4. The van der Waals surface area contributed by atoms with Gasteiger partial charge in [0.2, 0.25) is 0 Å². The van der Waals surface area contributed by atoms with Crippen molar-refractivity contribution in [2.45, 2.75) is 24.8 Å². The first-order valence-corrected chi connectivity index (χ1v) is 10.4. The highest BCUT2D eigenvalue weighted by molar-refractivity contribution is 8.00. The molecule has 0 aliphatic rings. The molecular formula is C19H19ClN2O2S2. The van der Waals surface area contributed by atoms with Crippen LogP contribution in [0.3, 0.4) is 0 Å². The lowest BCUT2D eigenvalue weighted by Gasteiger charge is -2.04. The molecule has 0 fully saturated rings. The highest BCUT2D eigenvalue weighted by Gasteiger charge is 2.09. The lowest BCUT2D eigenvalue weighted by molar-refractivity contribution is -0.115. The second kappa shape index (κ2) is 8.75. The van der Waals surface area contributed by atoms with Crippen LogP contribution >= 0.6 is 34.7 Å². The molecule has 3 aromatic rings. The van der Waals surface area contributed by atoms with Crippen molar-refractivity contribution in [1.82, 2.24) is 4.57 Å². The molecule has 0 saturated carbocycles. The number of hydrogen-bond donors (Lipinski definition) is 0. The largest absolute Gasteiger partial charge is 0.497 e. The molecule has 136 valence electrons. The van der Waals surface area contributed by atoms with Crippen molar-refractivity contribution in [3.05, 3.63) is 52.3 Å². The quantitative estimate of drug-likeness (QED) is 0.541. The molecule has 7 heteroatoms. The summed E-state index contributed by atoms with van der Waals surface area (Å²) in [6.45, 7) is 2.92. The molecule has 0 saturated heterocycles. The van der Waals surface area contributed by atoms with Gasteiger partial charge < -0.3 is 9.30 Å². The summed E-state index contributed by atoms with van der Waals surface area (Å²) < 4.78 is 8.51. The number of thioether (sulfide) groups is 1. The van der Waals surface area contributed by atoms with E-state index in [-0.39, 0.29) is 5.91 Å². The zero-order valence-electron chi connectivity index (χ0n) is 14.6. The molecule has 0 bridgehead atoms. The van der Waals surface area contributed by atoms with Gasteiger partial charge in [0.25, 0.3) is 5.91 Å². The Balaban J connectivity index is 1.86. The molecule has 0 aliphatic carbocycles. The third kappa shape index (κ3) is 4.50. The van der Waals surface area contributed by atoms with Gasteiger partial charge in [0, 0.05) is 22.5 Å². The van der Waals surface area contributed by atoms with Crippen LogP contribution in [0.4, 0.5) is 0 Å². The van der Waals surface area contributed by atoms with Gasteiger partial charge in [-0.25, -0.2) is 0 Å². The van der Waals surface area contributed by atoms with Crippen LogP contribution in [-0.4, -0.2) is 23.3 Å². The standard InChI is InChI=1S/C19H19ClN2O2S2/c1-3-10-22-16-11-14(24-2)6-9-17(16)26-19(22)21-18(23)12-25-15-7-4-13(20)5-8-15/h4-9,11H,3,10,12H2,1-2H3. The second-order valence-corrected chi connectivity index (χ2v) is 8.11. The Morgan fingerprint density at radius 2 is 2.04 bits per heavy atom. The van der Waals surface area contributed by atoms with E-state index in [0.29, 0.717) is 10.8 Å². The summed E-state index contributed by atoms with van der Waals surface area (Å²) in [5.74, 6) is 0.954. The molecule has 2 aromatic carbocycles. The van der Waals surface area contributed by atoms with E-state index < -0.39 is 0 Å². The fourth-order valence-corrected chi connectivity index (χ4v) is 4.38. The average Bonchev–Trinajstić information content (AvgIpc) is 2.98. The van der Waals surface area contributed by atoms with E-state index in [1.165, 1.54) is 23.1 Å². The minimum absolute atomic E-state index is 0.145. The summed E-state index contributed by atoms with van der Waals surface area (Å²) in [6.07, 6.45) is 0.962. The van der Waals surface area contributed by atoms with E-state index >= 15 is 0 Å². The zero-order valence-corrected chi connectivity index (χ0v) is 17.0. The highest BCUT2D eigenvalue weighted by atomic mass is 35.5. The average molecular weight is 407 g/mol. The smallest absolute Gasteiger partial charge is 0.258 e. The Labute approximate surface area is 165 Å². The van der Waals surface area contributed by atoms with Gasteiger partial charge in [-0.2, -0.15) is 4.99 Å². The summed E-state index contributed by atoms with van der Waals surface area (Å²) in [7, 11) is 1.65. The minimum atomic E-state index is -0.145. The highest BCUT2D eigenvalue weighted by Crippen LogP contribution is 2.24. The molecule has 0 N–H and O–H groups in total. The lowest BCUT2D eigenvalue weighted by atomic mass is 10.3. The van der Waals surface area contributed by atoms with Gasteiger partial charge in [-0.05, 0) is 42.8 Å². The van der Waals surface area contributed by atoms with Gasteiger partial charge in [-0.3, -0.25) is 4.79 Å². The van der Waals surface area contributed by atoms with E-state index in [9.17, 15) is 4.79 Å². The summed E-state index contributed by atoms with van der Waals surface area (Å²) in [5, 5.41) is 0.687. The number of ether oxygens (including phenoxy) is 1. The molecule has 3 rings (SSSR count). The van der Waals surface area contributed by atoms with Gasteiger partial charge in [0.1, 0.15) is 5.75 Å². The minimum Gasteiger partial charge on any atom is -0.497 e. The zero-order chi connectivity index (χ0) is 18.5. The van der Waals surface area contributed by atoms with Crippen LogP contribution in [0, 0.1) is 0 Å². The van der Waals surface area contributed by atoms with E-state index in [2.05, 4.69) is 16.5 Å². The fourth-order valence-electron chi connectivity index (χ4n) is 2.52. The molecule has 1 aromatic heterocycles. The van der Waals surface area contributed by atoms with Gasteiger partial charge in [0.05, 0.1) is 23.1 Å². The topological polar surface area (TPSA) is 43.6 Å². The molecular weight excluding hydrogens is 388 g/mol. The normalized spacial score (nSPS) is 11.9. The number of aryl methyl sites for hydroxylation is 1. The summed E-state index contributed by atoms with van der Waals surface area (Å²) in [6, 6.07) is 13.4. The number of carbonyl (C=O) groups is 1. The van der Waals surface area contributed by atoms with Crippen LogP contribution in [0.25, 0.3) is 10.2 Å². The number of methoxy groups -OCH3 is 1. The van der Waals surface area contributed by atoms with Crippen molar-refractivity contribution in [1.29, 1.82) is 0 Å². The maximum Gasteiger partial charge on any atom is 0.258 e. The number of thiazole rings is 1. The number of fused-ring (bicyclic) bond motifs is 1. The Bertz CT molecular complexity index is 977. The monoisotopic (exact) mass is 406 g/mol. The van der Waals surface area contributed by atoms with Crippen LogP contribution < -0.4 is 9.54 Å². The Morgan fingerprint density at radius 3 is 2.73 bits per heavy atom. The van der Waals surface area contributed by atoms with Crippen LogP contribution in [0.1, 0.15) is 13.3 Å². The molecule has 1 heterocycles. The molecule has 26 heavy (non-hydrogen) atoms. The summed E-state index contributed by atoms with van der Waals surface area (Å²) in [5.41, 5.74) is 1.05. The predicted octanol–water partition coefficient (Wildman–Crippen LogP) is 4.99. The predicted molar refractivity (Wildman–Crippen MR) is 109 cm³/mol. The van der Waals surface area contributed by atoms with Crippen molar-refractivity contribution < 1.29 is 9.53 Å². The van der Waals surface area contributed by atoms with E-state index in [4.69, 9.17) is 16.3 Å². The maximum atomic E-state index is 12.4. The third-order valence-electron chi connectivity index (χ3n) is 3.73. The second-order valence-electron chi connectivity index (χ2n) is 5.62. The van der Waals surface area contributed by atoms with Crippen molar-refractivity contribution in [3.8, 4) is 5.75 Å². The Hall–Kier alpha value is -1.76. The summed E-state index contributed by atoms with van der Waals surface area (Å²) in [4.78, 5) is 18.5. The summed E-state index contributed by atoms with van der Waals surface area (Å²) >= 11 is 8.87. The van der Waals surface area contributed by atoms with Crippen LogP contribution in [0.15, 0.2) is 52.4 Å². The van der Waals surface area contributed by atoms with E-state index in [0.717, 1.165) is 38.6 Å². The van der Waals surface area contributed by atoms with Crippen molar-refractivity contribution in [2.75, 3.05) is 12.9 Å². The van der Waals surface area contributed by atoms with Crippen LogP contribution in [0.5, 0.6) is 5.75 Å². The van der Waals surface area contributed by atoms with Crippen molar-refractivity contribution >= 4 is 50.8 Å². The van der Waals surface area contributed by atoms with Gasteiger partial charge in [0.15, 0.2) is 4.80 Å². The number of aromatic nitrogens is 1. The number of benzene rings is 2. The van der Waals surface area contributed by atoms with E-state index in [1.807, 2.05) is 42.5 Å². The number of rotatable bonds is 6. The molecule has 4 nitrogen and oxygen atoms in total. The first-order valence-electron chi connectivity index (χ1n) is 8.24. The molecule has 0 unspecified atom stereocenters. The van der Waals surface area contributed by atoms with Crippen molar-refractivity contribution in [3.63, 3.8) is 0 Å². The molecule has 0 aliphatic heterocycles. The molecule has 0 spiro atoms. The first-order chi connectivity index (χ1) is 12.6. The van der Waals surface area contributed by atoms with Gasteiger partial charge in [-0.15, -0.1) is 11.8 Å². The number of halogens is 1. The molecule has 0 radical (unpaired) electrons. The molecule has 0 atom stereocenters. The SMILES string of the molecule is CCCn1c(=NC(=O)CSc2ccc(Cl)cc2)sc2ccc(OC)cc21. The number of carbonyl (C=O) groups excluding carboxylic acids is 1. The molecule has 1 amide bonds. The number of amides is 1. The van der Waals surface area contributed by atoms with Crippen LogP contribution in [0.2, 0.25) is 5.02 Å². The van der Waals surface area contributed by atoms with Gasteiger partial charge >= 0.3 is 0 Å². The first kappa shape index (κ1) is 19.0. The third-order valence-corrected chi connectivity index (χ3v) is 6.04. The Kier molecular flexibility index (Phi) is 6.40. The van der Waals surface area contributed by atoms with E-state index in [1.54, 1.807) is 7.11 Å². The van der Waals surface area contributed by atoms with Crippen molar-refractivity contribution in [2.24, 2.45) is 4.99 Å². The van der Waals surface area contributed by atoms with Gasteiger partial charge in [-0.1, -0.05) is 29.9 Å². The Morgan fingerprint density at radius 1 is 1.27 bits per heavy atom. The van der Waals surface area contributed by atoms with Crippen LogP contribution in [-0.2, 0) is 11.3 Å². The number of hydrogen-bond acceptors (Lipinski definition) is 4. The fraction of sp³-hybridized carbons (Fsp3) is 0.263. The number of nitrogens with zero attached hydrogens (tertiary/aromatic N) is 2. The lowest BCUT2D eigenvalue weighted by Crippen LogP contribution is -2.17.